The van der Waals surface area contributed by atoms with Crippen LogP contribution in [0.15, 0.2) is 126 Å². The monoisotopic (exact) mass is 1580 g/mol. The molecule has 1 aliphatic rings. The summed E-state index contributed by atoms with van der Waals surface area (Å²) in [4.78, 5) is 185. The number of aliphatic imine (C=N–C) groups is 2. The number of hydrogen-bond acceptors (Lipinski definition) is 17. The van der Waals surface area contributed by atoms with Gasteiger partial charge in [-0.05, 0) is 149 Å². The zero-order chi connectivity index (χ0) is 82.5. The van der Waals surface area contributed by atoms with Crippen molar-refractivity contribution in [1.29, 1.82) is 0 Å². The minimum atomic E-state index is -1.83. The fourth-order valence-corrected chi connectivity index (χ4v) is 12.8. The van der Waals surface area contributed by atoms with Crippen molar-refractivity contribution in [2.75, 3.05) is 52.4 Å². The van der Waals surface area contributed by atoms with Crippen molar-refractivity contribution >= 4 is 105 Å². The summed E-state index contributed by atoms with van der Waals surface area (Å²) >= 11 is 6.26. The largest absolute Gasteiger partial charge is 0.508 e. The number of pyridine rings is 1. The van der Waals surface area contributed by atoms with Gasteiger partial charge in [-0.2, -0.15) is 0 Å². The number of imide groups is 1. The molecular weight excluding hydrogens is 1470 g/mol. The van der Waals surface area contributed by atoms with Crippen molar-refractivity contribution in [3.05, 3.63) is 143 Å². The van der Waals surface area contributed by atoms with E-state index >= 15 is 9.59 Å². The van der Waals surface area contributed by atoms with Gasteiger partial charge in [-0.1, -0.05) is 98.2 Å². The number of carbonyl (C=O) groups excluding carboxylic acids is 12. The number of aromatic nitrogens is 1. The average Bonchev–Trinajstić information content (AvgIpc) is 1.79. The highest BCUT2D eigenvalue weighted by Crippen LogP contribution is 2.23. The SMILES string of the molecule is CCN=C(NCC)NCCC[C@H](NC(=O)[C@H](CC(C)C)NC(=O)[C@@H](CCCNC(=NCC)NCC)NC(=O)[C@H](Cc1ccc(O)cc1)NC(=O)[C@H](CO)NC(=O)[C@@H](Cc1cccnc1)NC(=O)[C@@H](Cc1ccc(Cl)cc1)NC(=O)[C@@H](Cc1ccc2ccccc2c1)NC(C)=O)C(=O)N1CCC[C@H]1C(=O)N[C@H](C)C(=O)NC(C)=O. The Bertz CT molecular complexity index is 4080. The number of benzene rings is 4. The molecular formula is C80H111ClN18O14. The molecule has 612 valence electrons. The van der Waals surface area contributed by atoms with E-state index in [1.165, 1.54) is 55.4 Å². The first kappa shape index (κ1) is 90.6. The van der Waals surface area contributed by atoms with Gasteiger partial charge in [0.15, 0.2) is 11.9 Å². The van der Waals surface area contributed by atoms with Gasteiger partial charge < -0.3 is 84.2 Å². The molecule has 113 heavy (non-hydrogen) atoms. The minimum absolute atomic E-state index is 0.0189. The highest BCUT2D eigenvalue weighted by atomic mass is 35.5. The van der Waals surface area contributed by atoms with Gasteiger partial charge in [-0.3, -0.25) is 77.8 Å². The molecule has 1 fully saturated rings. The standard InChI is InChI=1S/C80H111ClN18O14/c1-10-83-79(84-11-2)87-37-17-23-60(70(105)94-62(40-48(5)6)71(106)93-61(24-18-38-88-80(85-12-3)86-13-4)78(113)99-39-19-25-68(99)77(112)89-49(7)69(104)91-51(9)102)92-73(108)64(43-53-29-34-59(103)35-30-53)97-76(111)67(47-100)98-75(110)66(45-55-20-16-36-82-46-55)96-74(109)65(42-52-27-32-58(81)33-28-52)95-72(107)63(90-50(8)101)44-54-26-31-56-21-14-15-22-57(56)41-54/h14-16,20-22,26-36,41,46,48-49,60-68,100,103H,10-13,17-19,23-25,37-40,42-45,47H2,1-9H3,(H,89,112)(H,90,101)(H,92,108)(H,93,106)(H,94,105)(H,95,107)(H,96,109)(H,97,111)(H,98,110)(H2,83,84,87)(H2,85,86,88)(H,91,102,104)/t49-,60-,61+,62+,63-,64+,65-,66-,67+,68+/m1/s1. The second kappa shape index (κ2) is 47.2. The summed E-state index contributed by atoms with van der Waals surface area (Å²) in [6, 6.07) is 14.8. The van der Waals surface area contributed by atoms with Gasteiger partial charge in [0.25, 0.3) is 0 Å². The van der Waals surface area contributed by atoms with E-state index in [9.17, 15) is 58.2 Å². The molecule has 10 atom stereocenters. The molecule has 1 saturated heterocycles. The first-order valence-corrected chi connectivity index (χ1v) is 38.9. The predicted octanol–water partition coefficient (Wildman–Crippen LogP) is 1.67. The number of fused-ring (bicyclic) bond motifs is 1. The van der Waals surface area contributed by atoms with Crippen LogP contribution in [0, 0.1) is 5.92 Å². The van der Waals surface area contributed by atoms with Crippen molar-refractivity contribution in [1.82, 2.24) is 84.3 Å². The zero-order valence-corrected chi connectivity index (χ0v) is 66.5. The Morgan fingerprint density at radius 2 is 0.973 bits per heavy atom. The van der Waals surface area contributed by atoms with Crippen LogP contribution in [0.1, 0.15) is 130 Å². The number of hydrogen-bond donors (Lipinski definition) is 16. The number of halogens is 1. The van der Waals surface area contributed by atoms with Crippen LogP contribution in [-0.2, 0) is 83.2 Å². The maximum Gasteiger partial charge on any atom is 0.248 e. The van der Waals surface area contributed by atoms with Crippen LogP contribution < -0.4 is 74.4 Å². The van der Waals surface area contributed by atoms with Crippen molar-refractivity contribution in [2.24, 2.45) is 15.9 Å². The molecule has 4 aromatic carbocycles. The van der Waals surface area contributed by atoms with Gasteiger partial charge in [0.1, 0.15) is 66.2 Å². The van der Waals surface area contributed by atoms with Crippen LogP contribution >= 0.6 is 11.6 Å². The van der Waals surface area contributed by atoms with E-state index in [1.807, 2.05) is 84.0 Å². The summed E-state index contributed by atoms with van der Waals surface area (Å²) < 4.78 is 0. The van der Waals surface area contributed by atoms with Gasteiger partial charge in [0.05, 0.1) is 6.61 Å². The number of nitrogens with one attached hydrogen (secondary N) is 14. The number of phenolic OH excluding ortho intramolecular Hbond substituents is 1. The van der Waals surface area contributed by atoms with Gasteiger partial charge in [0, 0.05) is 103 Å². The van der Waals surface area contributed by atoms with Gasteiger partial charge in [0.2, 0.25) is 70.9 Å². The summed E-state index contributed by atoms with van der Waals surface area (Å²) in [5.41, 5.74) is 2.10. The Morgan fingerprint density at radius 1 is 0.504 bits per heavy atom. The van der Waals surface area contributed by atoms with Crippen molar-refractivity contribution in [3.8, 4) is 5.75 Å². The molecule has 0 bridgehead atoms. The number of carbonyl (C=O) groups is 12. The number of amides is 12. The number of nitrogens with zero attached hydrogens (tertiary/aromatic N) is 4. The van der Waals surface area contributed by atoms with E-state index in [4.69, 9.17) is 11.6 Å². The van der Waals surface area contributed by atoms with Crippen LogP contribution in [0.25, 0.3) is 10.8 Å². The number of phenols is 1. The molecule has 0 unspecified atom stereocenters. The lowest BCUT2D eigenvalue weighted by molar-refractivity contribution is -0.142. The number of aromatic hydroxyl groups is 1. The van der Waals surface area contributed by atoms with Gasteiger partial charge in [-0.15, -0.1) is 0 Å². The summed E-state index contributed by atoms with van der Waals surface area (Å²) in [7, 11) is 0. The minimum Gasteiger partial charge on any atom is -0.508 e. The summed E-state index contributed by atoms with van der Waals surface area (Å²) in [5, 5.41) is 63.0. The lowest BCUT2D eigenvalue weighted by Gasteiger charge is -2.31. The molecule has 32 nitrogen and oxygen atoms in total. The Kier molecular flexibility index (Phi) is 37.8. The van der Waals surface area contributed by atoms with E-state index < -0.39 is 138 Å². The average molecular weight is 1580 g/mol. The van der Waals surface area contributed by atoms with E-state index in [0.29, 0.717) is 84.8 Å². The third-order valence-corrected chi connectivity index (χ3v) is 18.5. The molecule has 0 radical (unpaired) electrons. The Morgan fingerprint density at radius 3 is 1.50 bits per heavy atom. The number of guanidine groups is 2. The first-order valence-electron chi connectivity index (χ1n) is 38.5. The van der Waals surface area contributed by atoms with Gasteiger partial charge >= 0.3 is 0 Å². The topological polar surface area (TPSA) is 455 Å². The molecule has 2 heterocycles. The highest BCUT2D eigenvalue weighted by Gasteiger charge is 2.41. The number of rotatable bonds is 42. The number of aliphatic hydroxyl groups is 1. The summed E-state index contributed by atoms with van der Waals surface area (Å²) in [6.45, 7) is 16.5. The molecule has 12 amide bonds. The van der Waals surface area contributed by atoms with Crippen molar-refractivity contribution in [3.63, 3.8) is 0 Å². The quantitative estimate of drug-likeness (QED) is 0.0150. The number of likely N-dealkylation sites (tertiary alicyclic amines) is 1. The molecule has 1 aromatic heterocycles. The smallest absolute Gasteiger partial charge is 0.248 e. The summed E-state index contributed by atoms with van der Waals surface area (Å²) in [5.74, 6) is -8.78. The van der Waals surface area contributed by atoms with Crippen LogP contribution in [0.3, 0.4) is 0 Å². The van der Waals surface area contributed by atoms with Gasteiger partial charge in [-0.25, -0.2) is 0 Å². The van der Waals surface area contributed by atoms with Crippen molar-refractivity contribution in [2.45, 2.75) is 193 Å². The molecule has 1 aliphatic heterocycles. The Hall–Kier alpha value is -11.3. The van der Waals surface area contributed by atoms with Crippen LogP contribution in [0.5, 0.6) is 5.75 Å². The molecule has 0 aliphatic carbocycles. The first-order chi connectivity index (χ1) is 54.1. The van der Waals surface area contributed by atoms with Crippen LogP contribution in [-0.4, -0.2) is 216 Å². The highest BCUT2D eigenvalue weighted by molar-refractivity contribution is 6.30. The Balaban J connectivity index is 1.29. The van der Waals surface area contributed by atoms with E-state index in [2.05, 4.69) is 89.4 Å². The van der Waals surface area contributed by atoms with E-state index in [-0.39, 0.29) is 82.5 Å². The molecule has 16 N–H and O–H groups in total. The second-order valence-electron chi connectivity index (χ2n) is 28.0. The predicted molar refractivity (Wildman–Crippen MR) is 429 cm³/mol. The maximum absolute atomic E-state index is 15.2. The van der Waals surface area contributed by atoms with E-state index in [0.717, 1.165) is 17.7 Å². The molecule has 0 saturated carbocycles. The fraction of sp³-hybridized carbons (Fsp3) is 0.487. The normalized spacial score (nSPS) is 15.2. The van der Waals surface area contributed by atoms with Crippen molar-refractivity contribution < 1.29 is 67.7 Å². The maximum atomic E-state index is 15.2. The molecule has 33 heteroatoms. The third-order valence-electron chi connectivity index (χ3n) is 18.3. The molecule has 0 spiro atoms. The lowest BCUT2D eigenvalue weighted by Crippen LogP contribution is -2.61. The van der Waals surface area contributed by atoms with Crippen LogP contribution in [0.4, 0.5) is 0 Å². The summed E-state index contributed by atoms with van der Waals surface area (Å²) in [6.07, 6.45) is 3.39. The Labute approximate surface area is 664 Å². The molecule has 5 aromatic rings. The van der Waals surface area contributed by atoms with Crippen LogP contribution in [0.2, 0.25) is 5.02 Å². The lowest BCUT2D eigenvalue weighted by atomic mass is 9.99. The molecule has 6 rings (SSSR count). The zero-order valence-electron chi connectivity index (χ0n) is 65.7. The third kappa shape index (κ3) is 30.7. The fourth-order valence-electron chi connectivity index (χ4n) is 12.7. The number of aliphatic hydroxyl groups excluding tert-OH is 1. The second-order valence-corrected chi connectivity index (χ2v) is 28.4. The van der Waals surface area contributed by atoms with E-state index in [1.54, 1.807) is 36.4 Å².